The Balaban J connectivity index is 2.40. The number of rotatable bonds is 4. The average molecular weight is 223 g/mol. The summed E-state index contributed by atoms with van der Waals surface area (Å²) in [7, 11) is 0. The van der Waals surface area contributed by atoms with Crippen molar-refractivity contribution in [1.29, 1.82) is 0 Å². The molecule has 0 fully saturated rings. The van der Waals surface area contributed by atoms with Crippen LogP contribution in [0.15, 0.2) is 24.3 Å². The molecule has 0 spiro atoms. The number of hydrogen-bond donors (Lipinski definition) is 2. The lowest BCUT2D eigenvalue weighted by Crippen LogP contribution is -2.17. The lowest BCUT2D eigenvalue weighted by atomic mass is 10.1. The van der Waals surface area contributed by atoms with Gasteiger partial charge in [-0.2, -0.15) is 0 Å². The van der Waals surface area contributed by atoms with Crippen molar-refractivity contribution >= 4 is 11.8 Å². The highest BCUT2D eigenvalue weighted by molar-refractivity contribution is 5.84. The third-order valence-corrected chi connectivity index (χ3v) is 2.29. The number of benzene rings is 1. The minimum atomic E-state index is -0.495. The van der Waals surface area contributed by atoms with E-state index in [0.717, 1.165) is 6.42 Å². The fourth-order valence-corrected chi connectivity index (χ4v) is 1.07. The van der Waals surface area contributed by atoms with Gasteiger partial charge >= 0.3 is 6.09 Å². The average Bonchev–Trinajstić information content (AvgIpc) is 2.26. The molecule has 1 amide bonds. The first-order chi connectivity index (χ1) is 7.61. The Morgan fingerprint density at radius 3 is 2.94 bits per heavy atom. The lowest BCUT2D eigenvalue weighted by Gasteiger charge is -2.10. The molecule has 1 unspecified atom stereocenters. The molecule has 88 valence electrons. The summed E-state index contributed by atoms with van der Waals surface area (Å²) in [6.07, 6.45) is 0.477. The van der Waals surface area contributed by atoms with Crippen LogP contribution in [0.5, 0.6) is 5.75 Å². The van der Waals surface area contributed by atoms with Crippen molar-refractivity contribution in [3.05, 3.63) is 24.3 Å². The van der Waals surface area contributed by atoms with Crippen LogP contribution in [0, 0.1) is 5.92 Å². The molecule has 1 rings (SSSR count). The van der Waals surface area contributed by atoms with Crippen LogP contribution in [-0.4, -0.2) is 17.8 Å². The number of ether oxygens (including phenoxy) is 1. The van der Waals surface area contributed by atoms with E-state index < -0.39 is 6.09 Å². The Kier molecular flexibility index (Phi) is 4.64. The Hall–Kier alpha value is -1.71. The second-order valence-electron chi connectivity index (χ2n) is 3.79. The number of aromatic hydroxyl groups is 1. The van der Waals surface area contributed by atoms with Crippen molar-refractivity contribution in [1.82, 2.24) is 0 Å². The molecule has 0 aliphatic heterocycles. The standard InChI is InChI=1S/C12H17NO3/c1-3-9(2)8-16-12(15)13-10-5-4-6-11(14)7-10/h4-7,9,14H,3,8H2,1-2H3,(H,13,15). The Bertz CT molecular complexity index is 352. The van der Waals surface area contributed by atoms with Crippen LogP contribution < -0.4 is 5.32 Å². The normalized spacial score (nSPS) is 11.9. The first kappa shape index (κ1) is 12.4. The van der Waals surface area contributed by atoms with Crippen LogP contribution in [0.2, 0.25) is 0 Å². The van der Waals surface area contributed by atoms with Gasteiger partial charge < -0.3 is 9.84 Å². The summed E-state index contributed by atoms with van der Waals surface area (Å²) in [5.74, 6) is 0.467. The summed E-state index contributed by atoms with van der Waals surface area (Å²) in [4.78, 5) is 11.3. The largest absolute Gasteiger partial charge is 0.508 e. The van der Waals surface area contributed by atoms with Gasteiger partial charge in [0.1, 0.15) is 5.75 Å². The molecule has 4 nitrogen and oxygen atoms in total. The number of phenolic OH excluding ortho intramolecular Hbond substituents is 1. The first-order valence-corrected chi connectivity index (χ1v) is 5.34. The van der Waals surface area contributed by atoms with E-state index in [1.807, 2.05) is 13.8 Å². The molecule has 0 bridgehead atoms. The van der Waals surface area contributed by atoms with Crippen molar-refractivity contribution < 1.29 is 14.6 Å². The predicted molar refractivity (Wildman–Crippen MR) is 62.5 cm³/mol. The van der Waals surface area contributed by atoms with Gasteiger partial charge in [-0.25, -0.2) is 4.79 Å². The minimum Gasteiger partial charge on any atom is -0.508 e. The number of anilines is 1. The molecule has 2 N–H and O–H groups in total. The molecule has 4 heteroatoms. The summed E-state index contributed by atoms with van der Waals surface area (Å²) in [5.41, 5.74) is 0.522. The third-order valence-electron chi connectivity index (χ3n) is 2.29. The first-order valence-electron chi connectivity index (χ1n) is 5.34. The predicted octanol–water partition coefficient (Wildman–Crippen LogP) is 2.99. The van der Waals surface area contributed by atoms with Gasteiger partial charge in [-0.3, -0.25) is 5.32 Å². The smallest absolute Gasteiger partial charge is 0.411 e. The molecule has 1 aromatic carbocycles. The number of hydrogen-bond acceptors (Lipinski definition) is 3. The van der Waals surface area contributed by atoms with Gasteiger partial charge in [-0.15, -0.1) is 0 Å². The van der Waals surface area contributed by atoms with Gasteiger partial charge in [0.2, 0.25) is 0 Å². The van der Waals surface area contributed by atoms with Gasteiger partial charge in [-0.1, -0.05) is 26.3 Å². The van der Waals surface area contributed by atoms with E-state index in [1.165, 1.54) is 12.1 Å². The van der Waals surface area contributed by atoms with Crippen molar-refractivity contribution in [3.8, 4) is 5.75 Å². The van der Waals surface area contributed by atoms with Gasteiger partial charge in [0, 0.05) is 11.8 Å². The van der Waals surface area contributed by atoms with Crippen molar-refractivity contribution in [2.75, 3.05) is 11.9 Å². The Morgan fingerprint density at radius 2 is 2.31 bits per heavy atom. The zero-order chi connectivity index (χ0) is 12.0. The third kappa shape index (κ3) is 4.21. The second-order valence-corrected chi connectivity index (χ2v) is 3.79. The molecular formula is C12H17NO3. The number of carbonyl (C=O) groups excluding carboxylic acids is 1. The number of nitrogens with one attached hydrogen (secondary N) is 1. The minimum absolute atomic E-state index is 0.111. The summed E-state index contributed by atoms with van der Waals surface area (Å²) >= 11 is 0. The Labute approximate surface area is 95.2 Å². The lowest BCUT2D eigenvalue weighted by molar-refractivity contribution is 0.143. The van der Waals surface area contributed by atoms with Crippen molar-refractivity contribution in [3.63, 3.8) is 0 Å². The van der Waals surface area contributed by atoms with E-state index >= 15 is 0 Å². The molecule has 0 saturated heterocycles. The molecule has 0 aliphatic rings. The van der Waals surface area contributed by atoms with E-state index in [0.29, 0.717) is 18.2 Å². The number of carbonyl (C=O) groups is 1. The maximum absolute atomic E-state index is 11.3. The summed E-state index contributed by atoms with van der Waals surface area (Å²) in [6, 6.07) is 6.34. The van der Waals surface area contributed by atoms with E-state index in [1.54, 1.807) is 12.1 Å². The van der Waals surface area contributed by atoms with Crippen molar-refractivity contribution in [2.24, 2.45) is 5.92 Å². The Morgan fingerprint density at radius 1 is 1.56 bits per heavy atom. The van der Waals surface area contributed by atoms with Gasteiger partial charge in [0.25, 0.3) is 0 Å². The molecular weight excluding hydrogens is 206 g/mol. The highest BCUT2D eigenvalue weighted by Crippen LogP contribution is 2.15. The highest BCUT2D eigenvalue weighted by atomic mass is 16.5. The summed E-state index contributed by atoms with van der Waals surface area (Å²) in [5, 5.41) is 11.7. The van der Waals surface area contributed by atoms with E-state index in [9.17, 15) is 9.90 Å². The van der Waals surface area contributed by atoms with E-state index in [4.69, 9.17) is 4.74 Å². The maximum Gasteiger partial charge on any atom is 0.411 e. The fourth-order valence-electron chi connectivity index (χ4n) is 1.07. The van der Waals surface area contributed by atoms with Crippen LogP contribution in [0.25, 0.3) is 0 Å². The zero-order valence-corrected chi connectivity index (χ0v) is 9.56. The van der Waals surface area contributed by atoms with Crippen LogP contribution >= 0.6 is 0 Å². The topological polar surface area (TPSA) is 58.6 Å². The summed E-state index contributed by atoms with van der Waals surface area (Å²) in [6.45, 7) is 4.46. The quantitative estimate of drug-likeness (QED) is 0.825. The van der Waals surface area contributed by atoms with Gasteiger partial charge in [-0.05, 0) is 18.1 Å². The number of amides is 1. The molecule has 0 aliphatic carbocycles. The van der Waals surface area contributed by atoms with Crippen LogP contribution in [0.4, 0.5) is 10.5 Å². The zero-order valence-electron chi connectivity index (χ0n) is 9.56. The fraction of sp³-hybridized carbons (Fsp3) is 0.417. The molecule has 0 radical (unpaired) electrons. The van der Waals surface area contributed by atoms with Crippen molar-refractivity contribution in [2.45, 2.75) is 20.3 Å². The van der Waals surface area contributed by atoms with E-state index in [-0.39, 0.29) is 5.75 Å². The second kappa shape index (κ2) is 6.00. The molecule has 0 heterocycles. The van der Waals surface area contributed by atoms with Gasteiger partial charge in [0.15, 0.2) is 0 Å². The molecule has 0 aromatic heterocycles. The highest BCUT2D eigenvalue weighted by Gasteiger charge is 2.06. The molecule has 1 aromatic rings. The van der Waals surface area contributed by atoms with Crippen LogP contribution in [-0.2, 0) is 4.74 Å². The SMILES string of the molecule is CCC(C)COC(=O)Nc1cccc(O)c1. The molecule has 16 heavy (non-hydrogen) atoms. The summed E-state index contributed by atoms with van der Waals surface area (Å²) < 4.78 is 5.01. The monoisotopic (exact) mass is 223 g/mol. The van der Waals surface area contributed by atoms with Crippen LogP contribution in [0.3, 0.4) is 0 Å². The maximum atomic E-state index is 11.3. The number of phenols is 1. The van der Waals surface area contributed by atoms with Crippen LogP contribution in [0.1, 0.15) is 20.3 Å². The van der Waals surface area contributed by atoms with E-state index in [2.05, 4.69) is 5.32 Å². The molecule has 1 atom stereocenters. The molecule has 0 saturated carbocycles. The van der Waals surface area contributed by atoms with Gasteiger partial charge in [0.05, 0.1) is 6.61 Å².